The van der Waals surface area contributed by atoms with Gasteiger partial charge in [-0.2, -0.15) is 0 Å². The Morgan fingerprint density at radius 3 is 2.53 bits per heavy atom. The summed E-state index contributed by atoms with van der Waals surface area (Å²) in [7, 11) is 0. The minimum atomic E-state index is -0.480. The van der Waals surface area contributed by atoms with E-state index in [4.69, 9.17) is 16.2 Å². The number of nitrogens with one attached hydrogen (secondary N) is 1. The molecule has 0 aliphatic rings. The Morgan fingerprint density at radius 2 is 2.00 bits per heavy atom. The number of hydrogen-bond donors (Lipinski definition) is 3. The van der Waals surface area contributed by atoms with Gasteiger partial charge in [0.2, 0.25) is 5.91 Å². The Hall–Kier alpha value is -1.91. The fraction of sp³-hybridized carbons (Fsp3) is 0.417. The van der Waals surface area contributed by atoms with E-state index in [0.29, 0.717) is 17.1 Å². The number of rotatable bonds is 5. The lowest BCUT2D eigenvalue weighted by Crippen LogP contribution is -2.32. The first kappa shape index (κ1) is 13.2. The molecule has 1 unspecified atom stereocenters. The summed E-state index contributed by atoms with van der Waals surface area (Å²) in [5.41, 5.74) is 12.2. The molecule has 0 radical (unpaired) electrons. The van der Waals surface area contributed by atoms with Gasteiger partial charge in [0.25, 0.3) is 0 Å². The van der Waals surface area contributed by atoms with Gasteiger partial charge in [-0.1, -0.05) is 6.07 Å². The zero-order valence-electron chi connectivity index (χ0n) is 10.4. The minimum absolute atomic E-state index is 0.0427. The Morgan fingerprint density at radius 1 is 1.35 bits per heavy atom. The molecule has 94 valence electrons. The number of carbonyl (C=O) groups excluding carboxylic acids is 1. The predicted octanol–water partition coefficient (Wildman–Crippen LogP) is 1.34. The van der Waals surface area contributed by atoms with E-state index in [2.05, 4.69) is 5.32 Å². The fourth-order valence-corrected chi connectivity index (χ4v) is 1.33. The molecule has 0 spiro atoms. The molecule has 1 rings (SSSR count). The first-order valence-electron chi connectivity index (χ1n) is 5.52. The van der Waals surface area contributed by atoms with E-state index in [1.807, 2.05) is 19.9 Å². The summed E-state index contributed by atoms with van der Waals surface area (Å²) >= 11 is 0. The highest BCUT2D eigenvalue weighted by molar-refractivity contribution is 5.84. The Kier molecular flexibility index (Phi) is 4.20. The van der Waals surface area contributed by atoms with Crippen LogP contribution in [0.2, 0.25) is 0 Å². The zero-order chi connectivity index (χ0) is 13.0. The third-order valence-corrected chi connectivity index (χ3v) is 2.23. The lowest BCUT2D eigenvalue weighted by Gasteiger charge is -2.17. The van der Waals surface area contributed by atoms with Crippen LogP contribution in [0.5, 0.6) is 5.75 Å². The molecule has 0 bridgehead atoms. The van der Waals surface area contributed by atoms with Crippen molar-refractivity contribution in [3.8, 4) is 5.75 Å². The van der Waals surface area contributed by atoms with Crippen molar-refractivity contribution in [3.05, 3.63) is 18.2 Å². The number of primary amides is 1. The van der Waals surface area contributed by atoms with E-state index >= 15 is 0 Å². The van der Waals surface area contributed by atoms with E-state index < -0.39 is 11.9 Å². The summed E-state index contributed by atoms with van der Waals surface area (Å²) < 4.78 is 5.55. The van der Waals surface area contributed by atoms with Gasteiger partial charge in [-0.15, -0.1) is 0 Å². The second kappa shape index (κ2) is 5.43. The van der Waals surface area contributed by atoms with Crippen molar-refractivity contribution in [1.82, 2.24) is 0 Å². The Balaban J connectivity index is 2.90. The van der Waals surface area contributed by atoms with Gasteiger partial charge in [0, 0.05) is 0 Å². The van der Waals surface area contributed by atoms with Crippen LogP contribution in [0.25, 0.3) is 0 Å². The number of ether oxygens (including phenoxy) is 1. The van der Waals surface area contributed by atoms with Crippen molar-refractivity contribution >= 4 is 17.3 Å². The van der Waals surface area contributed by atoms with Crippen molar-refractivity contribution in [2.24, 2.45) is 5.73 Å². The van der Waals surface area contributed by atoms with Crippen LogP contribution in [0.3, 0.4) is 0 Å². The molecular weight excluding hydrogens is 218 g/mol. The third-order valence-electron chi connectivity index (χ3n) is 2.23. The molecule has 5 heteroatoms. The average Bonchev–Trinajstić information content (AvgIpc) is 2.23. The number of nitrogens with two attached hydrogens (primary N) is 2. The van der Waals surface area contributed by atoms with Gasteiger partial charge < -0.3 is 21.5 Å². The van der Waals surface area contributed by atoms with Crippen molar-refractivity contribution in [3.63, 3.8) is 0 Å². The standard InChI is InChI=1S/C12H19N3O2/c1-7(2)17-10-6-4-5-9(11(10)13)15-8(3)12(14)16/h4-8,15H,13H2,1-3H3,(H2,14,16). The minimum Gasteiger partial charge on any atom is -0.489 e. The fourth-order valence-electron chi connectivity index (χ4n) is 1.33. The van der Waals surface area contributed by atoms with Crippen molar-refractivity contribution in [2.75, 3.05) is 11.1 Å². The number of benzene rings is 1. The normalized spacial score (nSPS) is 12.2. The van der Waals surface area contributed by atoms with E-state index in [-0.39, 0.29) is 6.10 Å². The lowest BCUT2D eigenvalue weighted by molar-refractivity contribution is -0.118. The molecule has 5 nitrogen and oxygen atoms in total. The number of para-hydroxylation sites is 1. The quantitative estimate of drug-likeness (QED) is 0.674. The molecule has 0 aromatic heterocycles. The number of hydrogen-bond acceptors (Lipinski definition) is 4. The van der Waals surface area contributed by atoms with Crippen LogP contribution >= 0.6 is 0 Å². The summed E-state index contributed by atoms with van der Waals surface area (Å²) in [5, 5.41) is 2.94. The van der Waals surface area contributed by atoms with Gasteiger partial charge in [-0.05, 0) is 32.9 Å². The highest BCUT2D eigenvalue weighted by atomic mass is 16.5. The molecule has 0 saturated carbocycles. The monoisotopic (exact) mass is 237 g/mol. The van der Waals surface area contributed by atoms with Gasteiger partial charge in [-0.3, -0.25) is 4.79 Å². The third kappa shape index (κ3) is 3.55. The molecule has 0 aliphatic carbocycles. The number of amides is 1. The van der Waals surface area contributed by atoms with Gasteiger partial charge in [-0.25, -0.2) is 0 Å². The molecule has 0 saturated heterocycles. The van der Waals surface area contributed by atoms with E-state index in [0.717, 1.165) is 0 Å². The summed E-state index contributed by atoms with van der Waals surface area (Å²) in [5.74, 6) is 0.168. The van der Waals surface area contributed by atoms with Gasteiger partial charge in [0.05, 0.1) is 17.5 Å². The zero-order valence-corrected chi connectivity index (χ0v) is 10.4. The van der Waals surface area contributed by atoms with Crippen molar-refractivity contribution in [2.45, 2.75) is 32.9 Å². The second-order valence-electron chi connectivity index (χ2n) is 4.15. The van der Waals surface area contributed by atoms with Crippen LogP contribution in [0.1, 0.15) is 20.8 Å². The highest BCUT2D eigenvalue weighted by Crippen LogP contribution is 2.30. The van der Waals surface area contributed by atoms with Crippen LogP contribution in [0, 0.1) is 0 Å². The van der Waals surface area contributed by atoms with Crippen LogP contribution in [-0.4, -0.2) is 18.1 Å². The van der Waals surface area contributed by atoms with Crippen molar-refractivity contribution in [1.29, 1.82) is 0 Å². The molecule has 0 fully saturated rings. The van der Waals surface area contributed by atoms with Gasteiger partial charge in [0.1, 0.15) is 11.8 Å². The first-order valence-corrected chi connectivity index (χ1v) is 5.52. The molecule has 1 aromatic carbocycles. The molecule has 17 heavy (non-hydrogen) atoms. The number of nitrogen functional groups attached to an aromatic ring is 1. The van der Waals surface area contributed by atoms with E-state index in [1.165, 1.54) is 0 Å². The maximum absolute atomic E-state index is 11.0. The SMILES string of the molecule is CC(C)Oc1cccc(NC(C)C(N)=O)c1N. The summed E-state index contributed by atoms with van der Waals surface area (Å²) in [6.07, 6.45) is 0.0427. The van der Waals surface area contributed by atoms with Crippen LogP contribution < -0.4 is 21.5 Å². The topological polar surface area (TPSA) is 90.4 Å². The molecule has 0 heterocycles. The Bertz CT molecular complexity index is 405. The average molecular weight is 237 g/mol. The first-order chi connectivity index (χ1) is 7.91. The number of carbonyl (C=O) groups is 1. The van der Waals surface area contributed by atoms with E-state index in [9.17, 15) is 4.79 Å². The molecule has 1 amide bonds. The molecule has 1 aromatic rings. The maximum Gasteiger partial charge on any atom is 0.239 e. The molecule has 0 aliphatic heterocycles. The number of anilines is 2. The van der Waals surface area contributed by atoms with Crippen LogP contribution in [0.4, 0.5) is 11.4 Å². The predicted molar refractivity (Wildman–Crippen MR) is 68.9 cm³/mol. The molecule has 5 N–H and O–H groups in total. The largest absolute Gasteiger partial charge is 0.489 e. The smallest absolute Gasteiger partial charge is 0.239 e. The Labute approximate surface area is 101 Å². The van der Waals surface area contributed by atoms with Gasteiger partial charge in [0.15, 0.2) is 0 Å². The van der Waals surface area contributed by atoms with Gasteiger partial charge >= 0.3 is 0 Å². The molecule has 1 atom stereocenters. The molecular formula is C12H19N3O2. The summed E-state index contributed by atoms with van der Waals surface area (Å²) in [6, 6.07) is 4.90. The van der Waals surface area contributed by atoms with E-state index in [1.54, 1.807) is 19.1 Å². The second-order valence-corrected chi connectivity index (χ2v) is 4.15. The van der Waals surface area contributed by atoms with Crippen molar-refractivity contribution < 1.29 is 9.53 Å². The maximum atomic E-state index is 11.0. The van der Waals surface area contributed by atoms with Crippen LogP contribution in [-0.2, 0) is 4.79 Å². The lowest BCUT2D eigenvalue weighted by atomic mass is 10.2. The highest BCUT2D eigenvalue weighted by Gasteiger charge is 2.12. The summed E-state index contributed by atoms with van der Waals surface area (Å²) in [6.45, 7) is 5.52. The summed E-state index contributed by atoms with van der Waals surface area (Å²) in [4.78, 5) is 11.0. The van der Waals surface area contributed by atoms with Crippen LogP contribution in [0.15, 0.2) is 18.2 Å².